The Morgan fingerprint density at radius 3 is 2.67 bits per heavy atom. The van der Waals surface area contributed by atoms with Crippen LogP contribution in [0.15, 0.2) is 42.0 Å². The standard InChI is InChI=1S/C29H38O4/c1-27-13-10-21(32-18-19-6-4-3-5-7-19)16-20(27)8-9-22-23-11-14-29(15-12-26(31)33-29)28(23,2)25(30)17-24(22)27/h3-8,21-25,30H,9-18H2,1-2H3/t21-,22-,23-,24-,25+,27-,28+,29-/m0/s1. The van der Waals surface area contributed by atoms with Crippen molar-refractivity contribution in [3.63, 3.8) is 0 Å². The molecule has 6 rings (SSSR count). The molecule has 0 bridgehead atoms. The highest BCUT2D eigenvalue weighted by Gasteiger charge is 2.70. The zero-order chi connectivity index (χ0) is 22.8. The topological polar surface area (TPSA) is 55.8 Å². The molecule has 0 aromatic heterocycles. The first-order valence-corrected chi connectivity index (χ1v) is 13.1. The number of aliphatic hydroxyl groups is 1. The van der Waals surface area contributed by atoms with Crippen molar-refractivity contribution >= 4 is 5.97 Å². The summed E-state index contributed by atoms with van der Waals surface area (Å²) in [5.74, 6) is 1.44. The molecule has 1 aromatic rings. The van der Waals surface area contributed by atoms with Crippen LogP contribution in [0.4, 0.5) is 0 Å². The minimum absolute atomic E-state index is 0.0715. The smallest absolute Gasteiger partial charge is 0.306 e. The lowest BCUT2D eigenvalue weighted by molar-refractivity contribution is -0.196. The molecular formula is C29H38O4. The van der Waals surface area contributed by atoms with Crippen LogP contribution in [0.1, 0.15) is 77.2 Å². The monoisotopic (exact) mass is 450 g/mol. The summed E-state index contributed by atoms with van der Waals surface area (Å²) in [6.07, 6.45) is 10.9. The van der Waals surface area contributed by atoms with Crippen molar-refractivity contribution in [3.05, 3.63) is 47.5 Å². The fourth-order valence-corrected chi connectivity index (χ4v) is 8.84. The van der Waals surface area contributed by atoms with Crippen LogP contribution < -0.4 is 0 Å². The van der Waals surface area contributed by atoms with Crippen molar-refractivity contribution in [1.82, 2.24) is 0 Å². The van der Waals surface area contributed by atoms with E-state index in [0.29, 0.717) is 30.8 Å². The number of allylic oxidation sites excluding steroid dienone is 1. The highest BCUT2D eigenvalue weighted by molar-refractivity contribution is 5.72. The zero-order valence-corrected chi connectivity index (χ0v) is 20.1. The molecule has 4 heteroatoms. The zero-order valence-electron chi connectivity index (χ0n) is 20.1. The van der Waals surface area contributed by atoms with Gasteiger partial charge in [0.1, 0.15) is 5.60 Å². The van der Waals surface area contributed by atoms with Crippen molar-refractivity contribution in [2.75, 3.05) is 0 Å². The molecule has 1 heterocycles. The van der Waals surface area contributed by atoms with Gasteiger partial charge in [0.05, 0.1) is 18.8 Å². The molecule has 4 nitrogen and oxygen atoms in total. The quantitative estimate of drug-likeness (QED) is 0.482. The summed E-state index contributed by atoms with van der Waals surface area (Å²) < 4.78 is 12.4. The van der Waals surface area contributed by atoms with E-state index in [0.717, 1.165) is 51.4 Å². The Kier molecular flexibility index (Phi) is 5.09. The normalized spacial score (nSPS) is 46.3. The summed E-state index contributed by atoms with van der Waals surface area (Å²) in [6.45, 7) is 5.38. The fraction of sp³-hybridized carbons (Fsp3) is 0.690. The number of aliphatic hydroxyl groups excluding tert-OH is 1. The Morgan fingerprint density at radius 1 is 1.09 bits per heavy atom. The van der Waals surface area contributed by atoms with Crippen LogP contribution in [-0.4, -0.2) is 28.9 Å². The molecule has 1 saturated heterocycles. The first-order valence-electron chi connectivity index (χ1n) is 13.1. The Bertz CT molecular complexity index is 956. The molecule has 1 aliphatic heterocycles. The first-order chi connectivity index (χ1) is 15.9. The molecule has 1 aromatic carbocycles. The van der Waals surface area contributed by atoms with Crippen LogP contribution in [-0.2, 0) is 20.9 Å². The number of esters is 1. The SMILES string of the molecule is C[C@]12[C@H](O)C[C@H]3[C@@H](CC=C4C[C@@H](OCc5ccccc5)CC[C@@]43C)[C@@H]1CC[C@]21CCC(=O)O1. The molecule has 4 fully saturated rings. The molecule has 3 saturated carbocycles. The number of ether oxygens (including phenoxy) is 2. The van der Waals surface area contributed by atoms with E-state index in [1.165, 1.54) is 5.56 Å². The maximum absolute atomic E-state index is 12.1. The first kappa shape index (κ1) is 21.9. The second-order valence-corrected chi connectivity index (χ2v) is 12.0. The van der Waals surface area contributed by atoms with Crippen LogP contribution in [0.5, 0.6) is 0 Å². The minimum Gasteiger partial charge on any atom is -0.458 e. The van der Waals surface area contributed by atoms with Gasteiger partial charge in [0.15, 0.2) is 0 Å². The van der Waals surface area contributed by atoms with Crippen LogP contribution in [0.3, 0.4) is 0 Å². The third kappa shape index (κ3) is 3.13. The molecular weight excluding hydrogens is 412 g/mol. The van der Waals surface area contributed by atoms with Crippen LogP contribution in [0, 0.1) is 28.6 Å². The second kappa shape index (κ2) is 7.68. The number of rotatable bonds is 3. The maximum Gasteiger partial charge on any atom is 0.306 e. The van der Waals surface area contributed by atoms with E-state index in [-0.39, 0.29) is 22.9 Å². The lowest BCUT2D eigenvalue weighted by Crippen LogP contribution is -2.61. The molecule has 5 aliphatic rings. The van der Waals surface area contributed by atoms with Gasteiger partial charge in [-0.3, -0.25) is 4.79 Å². The number of fused-ring (bicyclic) bond motifs is 6. The van der Waals surface area contributed by atoms with Crippen LogP contribution in [0.25, 0.3) is 0 Å². The summed E-state index contributed by atoms with van der Waals surface area (Å²) in [5, 5.41) is 11.6. The van der Waals surface area contributed by atoms with Crippen molar-refractivity contribution in [1.29, 1.82) is 0 Å². The van der Waals surface area contributed by atoms with E-state index < -0.39 is 11.7 Å². The highest BCUT2D eigenvalue weighted by Crippen LogP contribution is 2.69. The van der Waals surface area contributed by atoms with Crippen LogP contribution in [0.2, 0.25) is 0 Å². The lowest BCUT2D eigenvalue weighted by atomic mass is 9.46. The molecule has 33 heavy (non-hydrogen) atoms. The molecule has 0 unspecified atom stereocenters. The van der Waals surface area contributed by atoms with Crippen molar-refractivity contribution < 1.29 is 19.4 Å². The van der Waals surface area contributed by atoms with Gasteiger partial charge in [-0.2, -0.15) is 0 Å². The fourth-order valence-electron chi connectivity index (χ4n) is 8.84. The molecule has 178 valence electrons. The van der Waals surface area contributed by atoms with E-state index in [1.54, 1.807) is 5.57 Å². The van der Waals surface area contributed by atoms with Gasteiger partial charge >= 0.3 is 5.97 Å². The predicted molar refractivity (Wildman–Crippen MR) is 126 cm³/mol. The van der Waals surface area contributed by atoms with Gasteiger partial charge < -0.3 is 14.6 Å². The minimum atomic E-state index is -0.438. The predicted octanol–water partition coefficient (Wildman–Crippen LogP) is 5.58. The van der Waals surface area contributed by atoms with E-state index in [4.69, 9.17) is 9.47 Å². The number of hydrogen-bond donors (Lipinski definition) is 1. The van der Waals surface area contributed by atoms with Crippen LogP contribution >= 0.6 is 0 Å². The second-order valence-electron chi connectivity index (χ2n) is 12.0. The molecule has 0 amide bonds. The Hall–Kier alpha value is -1.65. The van der Waals surface area contributed by atoms with Gasteiger partial charge in [-0.1, -0.05) is 55.8 Å². The number of benzene rings is 1. The van der Waals surface area contributed by atoms with Gasteiger partial charge in [0, 0.05) is 11.8 Å². The molecule has 1 N–H and O–H groups in total. The number of carbonyl (C=O) groups excluding carboxylic acids is 1. The number of carbonyl (C=O) groups is 1. The molecule has 4 aliphatic carbocycles. The Labute approximate surface area is 197 Å². The average Bonchev–Trinajstić information content (AvgIpc) is 3.34. The molecule has 8 atom stereocenters. The average molecular weight is 451 g/mol. The third-order valence-corrected chi connectivity index (χ3v) is 10.8. The summed E-state index contributed by atoms with van der Waals surface area (Å²) in [6, 6.07) is 10.5. The Balaban J connectivity index is 1.22. The largest absolute Gasteiger partial charge is 0.458 e. The van der Waals surface area contributed by atoms with Crippen molar-refractivity contribution in [2.24, 2.45) is 28.6 Å². The molecule has 1 spiro atoms. The Morgan fingerprint density at radius 2 is 1.91 bits per heavy atom. The van der Waals surface area contributed by atoms with Crippen molar-refractivity contribution in [3.8, 4) is 0 Å². The summed E-state index contributed by atoms with van der Waals surface area (Å²) >= 11 is 0. The summed E-state index contributed by atoms with van der Waals surface area (Å²) in [7, 11) is 0. The van der Waals surface area contributed by atoms with Gasteiger partial charge in [-0.15, -0.1) is 0 Å². The van der Waals surface area contributed by atoms with E-state index >= 15 is 0 Å². The number of hydrogen-bond acceptors (Lipinski definition) is 4. The van der Waals surface area contributed by atoms with Gasteiger partial charge in [-0.25, -0.2) is 0 Å². The van der Waals surface area contributed by atoms with Gasteiger partial charge in [-0.05, 0) is 80.1 Å². The van der Waals surface area contributed by atoms with E-state index in [2.05, 4.69) is 44.2 Å². The van der Waals surface area contributed by atoms with Gasteiger partial charge in [0.2, 0.25) is 0 Å². The third-order valence-electron chi connectivity index (χ3n) is 10.8. The highest BCUT2D eigenvalue weighted by atomic mass is 16.6. The lowest BCUT2D eigenvalue weighted by Gasteiger charge is -2.60. The van der Waals surface area contributed by atoms with E-state index in [9.17, 15) is 9.90 Å². The van der Waals surface area contributed by atoms with Crippen molar-refractivity contribution in [2.45, 2.75) is 96.1 Å². The van der Waals surface area contributed by atoms with E-state index in [1.807, 2.05) is 6.07 Å². The summed E-state index contributed by atoms with van der Waals surface area (Å²) in [5.41, 5.74) is 2.20. The molecule has 0 radical (unpaired) electrons. The van der Waals surface area contributed by atoms with Gasteiger partial charge in [0.25, 0.3) is 0 Å². The summed E-state index contributed by atoms with van der Waals surface area (Å²) in [4.78, 5) is 12.1. The maximum atomic E-state index is 12.1.